The first-order chi connectivity index (χ1) is 9.72. The van der Waals surface area contributed by atoms with Gasteiger partial charge in [0.1, 0.15) is 0 Å². The number of hydrogen-bond acceptors (Lipinski definition) is 3. The third-order valence-electron chi connectivity index (χ3n) is 4.10. The molecule has 3 rings (SSSR count). The molecule has 2 N–H and O–H groups in total. The third-order valence-corrected chi connectivity index (χ3v) is 4.10. The number of amides is 1. The molecular formula is C15H19NO4. The van der Waals surface area contributed by atoms with Gasteiger partial charge in [0.05, 0.1) is 31.5 Å². The molecule has 0 aliphatic carbocycles. The molecule has 2 heterocycles. The van der Waals surface area contributed by atoms with Gasteiger partial charge >= 0.3 is 6.09 Å². The Morgan fingerprint density at radius 3 is 2.75 bits per heavy atom. The van der Waals surface area contributed by atoms with E-state index in [-0.39, 0.29) is 18.2 Å². The molecule has 5 heteroatoms. The molecule has 1 aromatic carbocycles. The number of hydrogen-bond donors (Lipinski definition) is 2. The summed E-state index contributed by atoms with van der Waals surface area (Å²) in [5.41, 5.74) is 1.17. The summed E-state index contributed by atoms with van der Waals surface area (Å²) in [4.78, 5) is 10.7. The summed E-state index contributed by atoms with van der Waals surface area (Å²) in [6.07, 6.45) is 0.817. The van der Waals surface area contributed by atoms with Crippen molar-refractivity contribution in [3.63, 3.8) is 0 Å². The van der Waals surface area contributed by atoms with Crippen molar-refractivity contribution < 1.29 is 19.4 Å². The molecule has 5 nitrogen and oxygen atoms in total. The zero-order valence-corrected chi connectivity index (χ0v) is 11.2. The molecule has 0 spiro atoms. The lowest BCUT2D eigenvalue weighted by atomic mass is 9.86. The maximum absolute atomic E-state index is 10.7. The van der Waals surface area contributed by atoms with Crippen LogP contribution in [0.1, 0.15) is 18.4 Å². The average Bonchev–Trinajstić information content (AvgIpc) is 2.99. The highest BCUT2D eigenvalue weighted by molar-refractivity contribution is 5.65. The number of ether oxygens (including phenoxy) is 2. The fourth-order valence-electron chi connectivity index (χ4n) is 3.14. The summed E-state index contributed by atoms with van der Waals surface area (Å²) in [7, 11) is 0. The Kier molecular flexibility index (Phi) is 3.89. The van der Waals surface area contributed by atoms with Crippen LogP contribution in [-0.2, 0) is 16.1 Å². The van der Waals surface area contributed by atoms with Gasteiger partial charge in [-0.1, -0.05) is 30.3 Å². The summed E-state index contributed by atoms with van der Waals surface area (Å²) in [6, 6.07) is 10.0. The van der Waals surface area contributed by atoms with E-state index < -0.39 is 6.09 Å². The normalized spacial score (nSPS) is 31.4. The van der Waals surface area contributed by atoms with Gasteiger partial charge < -0.3 is 19.9 Å². The number of fused-ring (bicyclic) bond motifs is 2. The van der Waals surface area contributed by atoms with Gasteiger partial charge in [0, 0.05) is 5.92 Å². The molecule has 0 aromatic heterocycles. The van der Waals surface area contributed by atoms with E-state index >= 15 is 0 Å². The molecule has 20 heavy (non-hydrogen) atoms. The molecule has 4 atom stereocenters. The smallest absolute Gasteiger partial charge is 0.404 e. The summed E-state index contributed by atoms with van der Waals surface area (Å²) in [5.74, 6) is 0.385. The van der Waals surface area contributed by atoms with E-state index in [1.165, 1.54) is 5.56 Å². The molecule has 2 aliphatic rings. The number of rotatable bonds is 5. The first-order valence-corrected chi connectivity index (χ1v) is 6.99. The quantitative estimate of drug-likeness (QED) is 0.864. The Morgan fingerprint density at radius 1 is 1.30 bits per heavy atom. The van der Waals surface area contributed by atoms with Crippen LogP contribution in [-0.4, -0.2) is 36.1 Å². The van der Waals surface area contributed by atoms with Crippen molar-refractivity contribution in [2.45, 2.75) is 37.7 Å². The fraction of sp³-hybridized carbons (Fsp3) is 0.533. The van der Waals surface area contributed by atoms with Gasteiger partial charge in [0.25, 0.3) is 0 Å². The lowest BCUT2D eigenvalue weighted by Gasteiger charge is -2.24. The third kappa shape index (κ3) is 2.94. The number of nitrogens with one attached hydrogen (secondary N) is 1. The zero-order valence-electron chi connectivity index (χ0n) is 11.2. The molecule has 1 amide bonds. The molecule has 2 aliphatic heterocycles. The Labute approximate surface area is 117 Å². The predicted octanol–water partition coefficient (Wildman–Crippen LogP) is 2.02. The van der Waals surface area contributed by atoms with Crippen molar-refractivity contribution in [1.29, 1.82) is 0 Å². The van der Waals surface area contributed by atoms with Crippen molar-refractivity contribution in [3.8, 4) is 0 Å². The van der Waals surface area contributed by atoms with Crippen LogP contribution in [0.4, 0.5) is 4.79 Å². The van der Waals surface area contributed by atoms with Crippen molar-refractivity contribution in [2.24, 2.45) is 5.92 Å². The molecule has 2 saturated heterocycles. The van der Waals surface area contributed by atoms with Crippen LogP contribution in [0, 0.1) is 5.92 Å². The lowest BCUT2D eigenvalue weighted by molar-refractivity contribution is 0.0448. The summed E-state index contributed by atoms with van der Waals surface area (Å²) >= 11 is 0. The van der Waals surface area contributed by atoms with Crippen molar-refractivity contribution in [1.82, 2.24) is 5.32 Å². The Morgan fingerprint density at radius 2 is 2.10 bits per heavy atom. The molecule has 2 fully saturated rings. The molecule has 0 radical (unpaired) electrons. The van der Waals surface area contributed by atoms with Crippen LogP contribution >= 0.6 is 0 Å². The van der Waals surface area contributed by atoms with Crippen LogP contribution in [0.25, 0.3) is 0 Å². The van der Waals surface area contributed by atoms with E-state index in [1.807, 2.05) is 30.3 Å². The topological polar surface area (TPSA) is 67.8 Å². The Bertz CT molecular complexity index is 464. The lowest BCUT2D eigenvalue weighted by Crippen LogP contribution is -2.42. The molecule has 1 aromatic rings. The molecule has 2 bridgehead atoms. The minimum atomic E-state index is -0.969. The second-order valence-electron chi connectivity index (χ2n) is 5.50. The highest BCUT2D eigenvalue weighted by Gasteiger charge is 2.47. The van der Waals surface area contributed by atoms with E-state index in [9.17, 15) is 4.79 Å². The maximum atomic E-state index is 10.7. The van der Waals surface area contributed by atoms with Crippen molar-refractivity contribution in [3.05, 3.63) is 35.9 Å². The van der Waals surface area contributed by atoms with E-state index in [4.69, 9.17) is 14.6 Å². The predicted molar refractivity (Wildman–Crippen MR) is 72.4 cm³/mol. The first-order valence-electron chi connectivity index (χ1n) is 6.99. The van der Waals surface area contributed by atoms with Gasteiger partial charge in [-0.15, -0.1) is 0 Å². The molecule has 0 saturated carbocycles. The highest BCUT2D eigenvalue weighted by atomic mass is 16.5. The summed E-state index contributed by atoms with van der Waals surface area (Å²) < 4.78 is 11.6. The number of carbonyl (C=O) groups is 1. The molecule has 108 valence electrons. The standard InChI is InChI=1S/C15H19NO4/c17-15(18)16-12-7-13-11(6-14(12)20-13)9-19-8-10-4-2-1-3-5-10/h1-5,11-14,16H,6-9H2,(H,17,18)/t11?,12-,13+,14+/m1/s1. The van der Waals surface area contributed by atoms with E-state index in [0.717, 1.165) is 12.8 Å². The van der Waals surface area contributed by atoms with Crippen molar-refractivity contribution >= 4 is 6.09 Å². The van der Waals surface area contributed by atoms with Crippen LogP contribution in [0.3, 0.4) is 0 Å². The summed E-state index contributed by atoms with van der Waals surface area (Å²) in [6.45, 7) is 1.29. The minimum absolute atomic E-state index is 0.0152. The fourth-order valence-corrected chi connectivity index (χ4v) is 3.14. The van der Waals surface area contributed by atoms with Gasteiger partial charge in [-0.2, -0.15) is 0 Å². The second-order valence-corrected chi connectivity index (χ2v) is 5.50. The van der Waals surface area contributed by atoms with E-state index in [2.05, 4.69) is 5.32 Å². The van der Waals surface area contributed by atoms with Gasteiger partial charge in [-0.3, -0.25) is 0 Å². The summed E-state index contributed by atoms with van der Waals surface area (Å²) in [5, 5.41) is 11.3. The van der Waals surface area contributed by atoms with Gasteiger partial charge in [-0.05, 0) is 18.4 Å². The van der Waals surface area contributed by atoms with E-state index in [0.29, 0.717) is 19.1 Å². The largest absolute Gasteiger partial charge is 0.465 e. The Hall–Kier alpha value is -1.59. The SMILES string of the molecule is O=C(O)N[C@@H]1C[C@@H]2O[C@H]1CC2COCc1ccccc1. The second kappa shape index (κ2) is 5.81. The first kappa shape index (κ1) is 13.4. The van der Waals surface area contributed by atoms with E-state index in [1.54, 1.807) is 0 Å². The van der Waals surface area contributed by atoms with Crippen LogP contribution in [0.2, 0.25) is 0 Å². The molecule has 1 unspecified atom stereocenters. The maximum Gasteiger partial charge on any atom is 0.404 e. The van der Waals surface area contributed by atoms with Crippen LogP contribution < -0.4 is 5.32 Å². The number of carboxylic acid groups (broad SMARTS) is 1. The van der Waals surface area contributed by atoms with Gasteiger partial charge in [0.15, 0.2) is 0 Å². The minimum Gasteiger partial charge on any atom is -0.465 e. The number of benzene rings is 1. The average molecular weight is 277 g/mol. The molecular weight excluding hydrogens is 258 g/mol. The van der Waals surface area contributed by atoms with Crippen LogP contribution in [0.15, 0.2) is 30.3 Å². The van der Waals surface area contributed by atoms with Crippen molar-refractivity contribution in [2.75, 3.05) is 6.61 Å². The van der Waals surface area contributed by atoms with Gasteiger partial charge in [0.2, 0.25) is 0 Å². The van der Waals surface area contributed by atoms with Gasteiger partial charge in [-0.25, -0.2) is 4.79 Å². The Balaban J connectivity index is 1.42. The highest BCUT2D eigenvalue weighted by Crippen LogP contribution is 2.39. The monoisotopic (exact) mass is 277 g/mol. The zero-order chi connectivity index (χ0) is 13.9. The van der Waals surface area contributed by atoms with Crippen LogP contribution in [0.5, 0.6) is 0 Å².